The lowest BCUT2D eigenvalue weighted by Gasteiger charge is -2.09. The minimum Gasteiger partial charge on any atom is -0.379 e. The number of hydrogen-bond acceptors (Lipinski definition) is 4. The average Bonchev–Trinajstić information content (AvgIpc) is 2.93. The predicted octanol–water partition coefficient (Wildman–Crippen LogP) is 2.86. The highest BCUT2D eigenvalue weighted by Gasteiger charge is 2.16. The van der Waals surface area contributed by atoms with Crippen molar-refractivity contribution >= 4 is 11.3 Å². The Morgan fingerprint density at radius 2 is 2.39 bits per heavy atom. The van der Waals surface area contributed by atoms with Crippen LogP contribution in [-0.2, 0) is 22.6 Å². The van der Waals surface area contributed by atoms with Gasteiger partial charge in [-0.25, -0.2) is 0 Å². The fourth-order valence-electron chi connectivity index (χ4n) is 1.97. The predicted molar refractivity (Wildman–Crippen MR) is 75.0 cm³/mol. The molecule has 2 rings (SSSR count). The van der Waals surface area contributed by atoms with Gasteiger partial charge in [0.2, 0.25) is 0 Å². The lowest BCUT2D eigenvalue weighted by Crippen LogP contribution is -2.21. The first-order valence-electron chi connectivity index (χ1n) is 6.66. The molecule has 0 amide bonds. The number of nitrogens with one attached hydrogen (secondary N) is 1. The van der Waals surface area contributed by atoms with Gasteiger partial charge in [0.25, 0.3) is 0 Å². The van der Waals surface area contributed by atoms with Gasteiger partial charge in [-0.3, -0.25) is 0 Å². The molecule has 1 aromatic heterocycles. The number of rotatable bonds is 6. The lowest BCUT2D eigenvalue weighted by atomic mass is 10.2. The third kappa shape index (κ3) is 4.05. The largest absolute Gasteiger partial charge is 0.379 e. The van der Waals surface area contributed by atoms with Gasteiger partial charge in [0.15, 0.2) is 0 Å². The summed E-state index contributed by atoms with van der Waals surface area (Å²) in [5.41, 5.74) is 1.33. The molecular weight excluding hydrogens is 246 g/mol. The summed E-state index contributed by atoms with van der Waals surface area (Å²) < 4.78 is 11.2. The fraction of sp³-hybridized carbons (Fsp3) is 0.714. The van der Waals surface area contributed by atoms with E-state index >= 15 is 0 Å². The minimum absolute atomic E-state index is 0.293. The van der Waals surface area contributed by atoms with E-state index in [9.17, 15) is 0 Å². The zero-order valence-electron chi connectivity index (χ0n) is 11.5. The summed E-state index contributed by atoms with van der Waals surface area (Å²) >= 11 is 1.87. The third-order valence-electron chi connectivity index (χ3n) is 3.12. The van der Waals surface area contributed by atoms with E-state index < -0.39 is 0 Å². The van der Waals surface area contributed by atoms with Gasteiger partial charge in [0, 0.05) is 28.9 Å². The van der Waals surface area contributed by atoms with Gasteiger partial charge in [0.1, 0.15) is 0 Å². The summed E-state index contributed by atoms with van der Waals surface area (Å²) in [5.74, 6) is 0. The number of thiophene rings is 1. The Hall–Kier alpha value is -0.420. The number of aryl methyl sites for hydroxylation is 1. The monoisotopic (exact) mass is 269 g/mol. The molecule has 4 heteroatoms. The van der Waals surface area contributed by atoms with Crippen LogP contribution in [0.5, 0.6) is 0 Å². The molecule has 0 saturated carbocycles. The second-order valence-electron chi connectivity index (χ2n) is 5.13. The maximum atomic E-state index is 5.87. The first-order valence-corrected chi connectivity index (χ1v) is 7.47. The Balaban J connectivity index is 1.83. The quantitative estimate of drug-likeness (QED) is 0.861. The van der Waals surface area contributed by atoms with Crippen LogP contribution in [0, 0.1) is 6.92 Å². The summed E-state index contributed by atoms with van der Waals surface area (Å²) in [5, 5.41) is 3.45. The van der Waals surface area contributed by atoms with E-state index in [1.807, 2.05) is 11.3 Å². The molecule has 0 radical (unpaired) electrons. The Kier molecular flexibility index (Phi) is 5.18. The van der Waals surface area contributed by atoms with E-state index in [0.717, 1.165) is 32.8 Å². The van der Waals surface area contributed by atoms with Gasteiger partial charge in [-0.2, -0.15) is 0 Å². The van der Waals surface area contributed by atoms with E-state index in [-0.39, 0.29) is 0 Å². The third-order valence-corrected chi connectivity index (χ3v) is 4.21. The molecule has 1 N–H and O–H groups in total. The maximum Gasteiger partial charge on any atom is 0.0835 e. The van der Waals surface area contributed by atoms with Gasteiger partial charge in [-0.1, -0.05) is 13.8 Å². The van der Waals surface area contributed by atoms with Crippen molar-refractivity contribution in [2.75, 3.05) is 13.2 Å². The average molecular weight is 269 g/mol. The lowest BCUT2D eigenvalue weighted by molar-refractivity contribution is 0.0317. The molecule has 1 fully saturated rings. The van der Waals surface area contributed by atoms with Crippen LogP contribution in [0.1, 0.15) is 35.6 Å². The SMILES string of the molecule is Cc1sc(CNC(C)C)cc1COC1CCOC1. The summed E-state index contributed by atoms with van der Waals surface area (Å²) in [7, 11) is 0. The summed E-state index contributed by atoms with van der Waals surface area (Å²) in [6.45, 7) is 9.79. The topological polar surface area (TPSA) is 30.5 Å². The zero-order chi connectivity index (χ0) is 13.0. The van der Waals surface area contributed by atoms with E-state index in [1.165, 1.54) is 15.3 Å². The van der Waals surface area contributed by atoms with Gasteiger partial charge >= 0.3 is 0 Å². The van der Waals surface area contributed by atoms with E-state index in [0.29, 0.717) is 12.1 Å². The number of hydrogen-bond donors (Lipinski definition) is 1. The smallest absolute Gasteiger partial charge is 0.0835 e. The van der Waals surface area contributed by atoms with Crippen molar-refractivity contribution < 1.29 is 9.47 Å². The molecule has 1 atom stereocenters. The summed E-state index contributed by atoms with van der Waals surface area (Å²) in [6, 6.07) is 2.80. The second kappa shape index (κ2) is 6.66. The van der Waals surface area contributed by atoms with Gasteiger partial charge in [-0.05, 0) is 25.0 Å². The van der Waals surface area contributed by atoms with Crippen molar-refractivity contribution in [1.29, 1.82) is 0 Å². The number of ether oxygens (including phenoxy) is 2. The van der Waals surface area contributed by atoms with Crippen LogP contribution in [-0.4, -0.2) is 25.4 Å². The van der Waals surface area contributed by atoms with E-state index in [1.54, 1.807) is 0 Å². The molecule has 2 heterocycles. The van der Waals surface area contributed by atoms with E-state index in [4.69, 9.17) is 9.47 Å². The second-order valence-corrected chi connectivity index (χ2v) is 6.47. The summed E-state index contributed by atoms with van der Waals surface area (Å²) in [6.07, 6.45) is 1.33. The molecule has 1 aliphatic heterocycles. The zero-order valence-corrected chi connectivity index (χ0v) is 12.3. The van der Waals surface area contributed by atoms with Crippen molar-refractivity contribution in [3.05, 3.63) is 21.4 Å². The molecule has 18 heavy (non-hydrogen) atoms. The van der Waals surface area contributed by atoms with Crippen LogP contribution in [0.3, 0.4) is 0 Å². The molecule has 0 bridgehead atoms. The first kappa shape index (κ1) is 14.0. The molecule has 1 aromatic rings. The van der Waals surface area contributed by atoms with Crippen LogP contribution in [0.15, 0.2) is 6.07 Å². The molecule has 0 aliphatic carbocycles. The van der Waals surface area contributed by atoms with Crippen LogP contribution in [0.4, 0.5) is 0 Å². The standard InChI is InChI=1S/C14H23NO2S/c1-10(2)15-7-14-6-12(11(3)18-14)8-17-13-4-5-16-9-13/h6,10,13,15H,4-5,7-9H2,1-3H3. The van der Waals surface area contributed by atoms with Crippen LogP contribution in [0.2, 0.25) is 0 Å². The van der Waals surface area contributed by atoms with E-state index in [2.05, 4.69) is 32.2 Å². The maximum absolute atomic E-state index is 5.87. The molecule has 0 spiro atoms. The van der Waals surface area contributed by atoms with Crippen LogP contribution < -0.4 is 5.32 Å². The molecular formula is C14H23NO2S. The van der Waals surface area contributed by atoms with Gasteiger partial charge < -0.3 is 14.8 Å². The Morgan fingerprint density at radius 1 is 1.56 bits per heavy atom. The summed E-state index contributed by atoms with van der Waals surface area (Å²) in [4.78, 5) is 2.76. The van der Waals surface area contributed by atoms with Crippen molar-refractivity contribution in [2.45, 2.75) is 52.5 Å². The van der Waals surface area contributed by atoms with Crippen molar-refractivity contribution in [2.24, 2.45) is 0 Å². The highest BCUT2D eigenvalue weighted by molar-refractivity contribution is 7.12. The molecule has 1 aliphatic rings. The molecule has 3 nitrogen and oxygen atoms in total. The van der Waals surface area contributed by atoms with Crippen molar-refractivity contribution in [1.82, 2.24) is 5.32 Å². The molecule has 102 valence electrons. The Bertz CT molecular complexity index is 370. The Morgan fingerprint density at radius 3 is 3.06 bits per heavy atom. The fourth-order valence-corrected chi connectivity index (χ4v) is 2.97. The van der Waals surface area contributed by atoms with Crippen LogP contribution >= 0.6 is 11.3 Å². The normalized spacial score (nSPS) is 19.9. The molecule has 0 aromatic carbocycles. The molecule has 1 unspecified atom stereocenters. The van der Waals surface area contributed by atoms with Crippen molar-refractivity contribution in [3.63, 3.8) is 0 Å². The Labute approximate surface area is 113 Å². The first-order chi connectivity index (χ1) is 8.65. The van der Waals surface area contributed by atoms with Gasteiger partial charge in [0.05, 0.1) is 19.3 Å². The highest BCUT2D eigenvalue weighted by Crippen LogP contribution is 2.23. The van der Waals surface area contributed by atoms with Crippen LogP contribution in [0.25, 0.3) is 0 Å². The highest BCUT2D eigenvalue weighted by atomic mass is 32.1. The minimum atomic E-state index is 0.293. The van der Waals surface area contributed by atoms with Crippen molar-refractivity contribution in [3.8, 4) is 0 Å². The van der Waals surface area contributed by atoms with Gasteiger partial charge in [-0.15, -0.1) is 11.3 Å². The molecule has 1 saturated heterocycles.